The van der Waals surface area contributed by atoms with Crippen LogP contribution in [0.2, 0.25) is 0 Å². The summed E-state index contributed by atoms with van der Waals surface area (Å²) in [6.45, 7) is 1.99. The van der Waals surface area contributed by atoms with E-state index in [0.717, 1.165) is 35.1 Å². The summed E-state index contributed by atoms with van der Waals surface area (Å²) in [5.74, 6) is 1.19. The van der Waals surface area contributed by atoms with Crippen LogP contribution in [-0.2, 0) is 18.6 Å². The fourth-order valence-electron chi connectivity index (χ4n) is 3.07. The van der Waals surface area contributed by atoms with Gasteiger partial charge in [-0.25, -0.2) is 4.98 Å². The van der Waals surface area contributed by atoms with Gasteiger partial charge in [0.05, 0.1) is 11.5 Å². The average Bonchev–Trinajstić information content (AvgIpc) is 3.40. The molecule has 6 nitrogen and oxygen atoms in total. The molecule has 0 aromatic carbocycles. The van der Waals surface area contributed by atoms with E-state index in [1.807, 2.05) is 13.0 Å². The number of imidazole rings is 1. The van der Waals surface area contributed by atoms with Crippen LogP contribution in [0, 0.1) is 11.3 Å². The summed E-state index contributed by atoms with van der Waals surface area (Å²) in [5.41, 5.74) is 0.228. The average molecular weight is 404 g/mol. The van der Waals surface area contributed by atoms with Gasteiger partial charge in [0.2, 0.25) is 0 Å². The Balaban J connectivity index is 1.85. The minimum Gasteiger partial charge on any atom is -0.309 e. The first-order valence-electron chi connectivity index (χ1n) is 8.61. The van der Waals surface area contributed by atoms with Crippen LogP contribution in [0.1, 0.15) is 31.0 Å². The van der Waals surface area contributed by atoms with Crippen molar-refractivity contribution in [1.82, 2.24) is 24.7 Å². The van der Waals surface area contributed by atoms with E-state index in [-0.39, 0.29) is 11.2 Å². The highest BCUT2D eigenvalue weighted by molar-refractivity contribution is 7.99. The van der Waals surface area contributed by atoms with Crippen molar-refractivity contribution >= 4 is 22.9 Å². The van der Waals surface area contributed by atoms with Crippen molar-refractivity contribution in [2.24, 2.45) is 7.05 Å². The Hall–Kier alpha value is -2.67. The second-order valence-electron chi connectivity index (χ2n) is 6.63. The van der Waals surface area contributed by atoms with Crippen LogP contribution in [0.4, 0.5) is 13.2 Å². The number of rotatable bonds is 4. The molecular formula is C18H15F3N6S. The van der Waals surface area contributed by atoms with Gasteiger partial charge in [0, 0.05) is 24.2 Å². The number of nitriles is 1. The molecule has 1 saturated carbocycles. The van der Waals surface area contributed by atoms with Gasteiger partial charge in [0.25, 0.3) is 0 Å². The van der Waals surface area contributed by atoms with E-state index in [0.29, 0.717) is 11.5 Å². The first-order valence-corrected chi connectivity index (χ1v) is 9.60. The van der Waals surface area contributed by atoms with Crippen LogP contribution in [-0.4, -0.2) is 30.5 Å². The van der Waals surface area contributed by atoms with Crippen molar-refractivity contribution in [2.45, 2.75) is 36.3 Å². The molecule has 1 aliphatic rings. The molecule has 0 aliphatic heterocycles. The van der Waals surface area contributed by atoms with Gasteiger partial charge in [-0.2, -0.15) is 18.4 Å². The third-order valence-corrected chi connectivity index (χ3v) is 5.70. The second-order valence-corrected chi connectivity index (χ2v) is 7.93. The summed E-state index contributed by atoms with van der Waals surface area (Å²) in [6, 6.07) is 5.19. The number of aryl methyl sites for hydroxylation is 1. The summed E-state index contributed by atoms with van der Waals surface area (Å²) < 4.78 is 40.4. The largest absolute Gasteiger partial charge is 0.435 e. The summed E-state index contributed by atoms with van der Waals surface area (Å²) in [5, 5.41) is 16.4. The van der Waals surface area contributed by atoms with Crippen LogP contribution in [0.3, 0.4) is 0 Å². The molecule has 3 aromatic rings. The standard InChI is InChI=1S/C18H15F3N6S/c1-3-28-12-6-10(17(9-22)4-5-17)8-23-14(12)16-24-11-7-13(18(19,20)21)25-26-15(11)27(16)2/h6-8H,3-5H2,1-2H3. The predicted molar refractivity (Wildman–Crippen MR) is 97.5 cm³/mol. The first kappa shape index (κ1) is 18.7. The summed E-state index contributed by atoms with van der Waals surface area (Å²) >= 11 is 1.55. The molecule has 10 heteroatoms. The molecule has 0 amide bonds. The topological polar surface area (TPSA) is 80.3 Å². The number of pyridine rings is 1. The van der Waals surface area contributed by atoms with E-state index in [2.05, 4.69) is 26.2 Å². The van der Waals surface area contributed by atoms with E-state index in [9.17, 15) is 18.4 Å². The second kappa shape index (κ2) is 6.44. The molecule has 0 atom stereocenters. The molecule has 1 aliphatic carbocycles. The van der Waals surface area contributed by atoms with Crippen molar-refractivity contribution in [1.29, 1.82) is 5.26 Å². The zero-order chi connectivity index (χ0) is 20.1. The lowest BCUT2D eigenvalue weighted by Crippen LogP contribution is -2.09. The Morgan fingerprint density at radius 2 is 2.04 bits per heavy atom. The minimum absolute atomic E-state index is 0.105. The summed E-state index contributed by atoms with van der Waals surface area (Å²) in [6.07, 6.45) is -1.30. The van der Waals surface area contributed by atoms with Crippen molar-refractivity contribution in [3.63, 3.8) is 0 Å². The Morgan fingerprint density at radius 3 is 2.64 bits per heavy atom. The number of aromatic nitrogens is 5. The number of alkyl halides is 3. The van der Waals surface area contributed by atoms with Gasteiger partial charge in [-0.15, -0.1) is 22.0 Å². The number of hydrogen-bond donors (Lipinski definition) is 0. The molecule has 0 spiro atoms. The quantitative estimate of drug-likeness (QED) is 0.609. The van der Waals surface area contributed by atoms with Crippen LogP contribution in [0.5, 0.6) is 0 Å². The summed E-state index contributed by atoms with van der Waals surface area (Å²) in [7, 11) is 1.67. The fraction of sp³-hybridized carbons (Fsp3) is 0.389. The first-order chi connectivity index (χ1) is 13.3. The molecule has 0 N–H and O–H groups in total. The Labute approximate surface area is 162 Å². The Morgan fingerprint density at radius 1 is 1.29 bits per heavy atom. The molecule has 28 heavy (non-hydrogen) atoms. The predicted octanol–water partition coefficient (Wildman–Crippen LogP) is 4.11. The number of fused-ring (bicyclic) bond motifs is 1. The highest BCUT2D eigenvalue weighted by Crippen LogP contribution is 2.48. The highest BCUT2D eigenvalue weighted by Gasteiger charge is 2.45. The lowest BCUT2D eigenvalue weighted by Gasteiger charge is -2.12. The molecule has 3 heterocycles. The third kappa shape index (κ3) is 2.99. The van der Waals surface area contributed by atoms with Crippen molar-refractivity contribution in [2.75, 3.05) is 5.75 Å². The maximum absolute atomic E-state index is 12.9. The molecule has 0 radical (unpaired) electrons. The molecule has 0 unspecified atom stereocenters. The lowest BCUT2D eigenvalue weighted by atomic mass is 9.99. The SMILES string of the molecule is CCSc1cc(C2(C#N)CC2)cnc1-c1nc2cc(C(F)(F)F)nnc2n1C. The van der Waals surface area contributed by atoms with Gasteiger partial charge < -0.3 is 4.57 Å². The Kier molecular flexibility index (Phi) is 4.30. The van der Waals surface area contributed by atoms with Crippen LogP contribution < -0.4 is 0 Å². The van der Waals surface area contributed by atoms with E-state index in [4.69, 9.17) is 0 Å². The zero-order valence-corrected chi connectivity index (χ0v) is 15.9. The van der Waals surface area contributed by atoms with Crippen LogP contribution in [0.25, 0.3) is 22.7 Å². The number of thioether (sulfide) groups is 1. The van der Waals surface area contributed by atoms with Gasteiger partial charge in [-0.3, -0.25) is 4.98 Å². The van der Waals surface area contributed by atoms with E-state index in [1.165, 1.54) is 0 Å². The van der Waals surface area contributed by atoms with Gasteiger partial charge >= 0.3 is 6.18 Å². The molecule has 4 rings (SSSR count). The van der Waals surface area contributed by atoms with Crippen molar-refractivity contribution in [3.8, 4) is 17.6 Å². The highest BCUT2D eigenvalue weighted by atomic mass is 32.2. The van der Waals surface area contributed by atoms with E-state index < -0.39 is 17.3 Å². The molecule has 0 bridgehead atoms. The van der Waals surface area contributed by atoms with Crippen LogP contribution >= 0.6 is 11.8 Å². The van der Waals surface area contributed by atoms with E-state index >= 15 is 0 Å². The van der Waals surface area contributed by atoms with Crippen molar-refractivity contribution < 1.29 is 13.2 Å². The third-order valence-electron chi connectivity index (χ3n) is 4.79. The molecule has 3 aromatic heterocycles. The molecule has 144 valence electrons. The van der Waals surface area contributed by atoms with Gasteiger partial charge in [0.15, 0.2) is 17.2 Å². The number of halogens is 3. The summed E-state index contributed by atoms with van der Waals surface area (Å²) in [4.78, 5) is 9.71. The maximum Gasteiger partial charge on any atom is 0.435 e. The Bertz CT molecular complexity index is 1110. The maximum atomic E-state index is 12.9. The van der Waals surface area contributed by atoms with Crippen molar-refractivity contribution in [3.05, 3.63) is 29.6 Å². The zero-order valence-electron chi connectivity index (χ0n) is 15.1. The van der Waals surface area contributed by atoms with Crippen LogP contribution in [0.15, 0.2) is 23.2 Å². The van der Waals surface area contributed by atoms with Gasteiger partial charge in [-0.1, -0.05) is 6.92 Å². The minimum atomic E-state index is -4.59. The van der Waals surface area contributed by atoms with Gasteiger partial charge in [0.1, 0.15) is 11.2 Å². The normalized spacial score (nSPS) is 15.6. The molecular weight excluding hydrogens is 389 g/mol. The lowest BCUT2D eigenvalue weighted by molar-refractivity contribution is -0.141. The molecule has 0 saturated heterocycles. The number of hydrogen-bond acceptors (Lipinski definition) is 6. The van der Waals surface area contributed by atoms with Gasteiger partial charge in [-0.05, 0) is 30.2 Å². The molecule has 1 fully saturated rings. The number of nitrogens with zero attached hydrogens (tertiary/aromatic N) is 6. The van der Waals surface area contributed by atoms with E-state index in [1.54, 1.807) is 29.6 Å². The monoisotopic (exact) mass is 404 g/mol. The fourth-order valence-corrected chi connectivity index (χ4v) is 3.87. The smallest absolute Gasteiger partial charge is 0.309 e.